The van der Waals surface area contributed by atoms with Crippen molar-refractivity contribution < 1.29 is 63.8 Å². The van der Waals surface area contributed by atoms with E-state index in [0.29, 0.717) is 5.56 Å². The molecule has 14 nitrogen and oxygen atoms in total. The second-order valence-corrected chi connectivity index (χ2v) is 9.34. The molecule has 2 aliphatic heterocycles. The molecule has 0 spiro atoms. The van der Waals surface area contributed by atoms with Gasteiger partial charge in [0.1, 0.15) is 24.4 Å². The van der Waals surface area contributed by atoms with Crippen LogP contribution in [0, 0.1) is 11.8 Å². The lowest BCUT2D eigenvalue weighted by atomic mass is 9.83. The number of hydrogen-bond acceptors (Lipinski definition) is 10. The number of aliphatic carboxylic acids is 2. The number of aliphatic hydroxyl groups excluding tert-OH is 4. The fourth-order valence-corrected chi connectivity index (χ4v) is 4.51. The van der Waals surface area contributed by atoms with Crippen LogP contribution in [0.15, 0.2) is 55.1 Å². The normalized spacial score (nSPS) is 31.1. The van der Waals surface area contributed by atoms with E-state index in [1.165, 1.54) is 23.0 Å². The third-order valence-electron chi connectivity index (χ3n) is 6.71. The Morgan fingerprint density at radius 3 is 2.48 bits per heavy atom. The molecule has 3 heterocycles. The van der Waals surface area contributed by atoms with Crippen LogP contribution in [0.5, 0.6) is 0 Å². The molecule has 0 aromatic carbocycles. The summed E-state index contributed by atoms with van der Waals surface area (Å²) in [6.07, 6.45) is -0.630. The molecule has 1 aromatic rings. The molecular weight excluding hydrogens is 532 g/mol. The maximum Gasteiger partial charge on any atom is 0.373 e. The molecule has 0 bridgehead atoms. The van der Waals surface area contributed by atoms with Gasteiger partial charge in [0.05, 0.1) is 24.9 Å². The van der Waals surface area contributed by atoms with Crippen LogP contribution in [-0.4, -0.2) is 92.1 Å². The van der Waals surface area contributed by atoms with Crippen LogP contribution in [0.2, 0.25) is 0 Å². The lowest BCUT2D eigenvalue weighted by molar-refractivity contribution is -0.711. The zero-order valence-electron chi connectivity index (χ0n) is 21.3. The first-order chi connectivity index (χ1) is 19.0. The van der Waals surface area contributed by atoms with Crippen molar-refractivity contribution in [2.75, 3.05) is 6.61 Å². The molecule has 8 N–H and O–H groups in total. The van der Waals surface area contributed by atoms with Gasteiger partial charge in [0.2, 0.25) is 12.2 Å². The number of aliphatic hydroxyl groups is 4. The number of ether oxygens (including phenoxy) is 3. The number of carbonyl (C=O) groups is 3. The fourth-order valence-electron chi connectivity index (χ4n) is 4.51. The summed E-state index contributed by atoms with van der Waals surface area (Å²) < 4.78 is 18.0. The first-order valence-corrected chi connectivity index (χ1v) is 12.4. The fraction of sp³-hybridized carbons (Fsp3) is 0.462. The number of amides is 1. The number of carboxylic acids is 2. The lowest BCUT2D eigenvalue weighted by Gasteiger charge is -2.42. The Labute approximate surface area is 228 Å². The third kappa shape index (κ3) is 7.10. The summed E-state index contributed by atoms with van der Waals surface area (Å²) in [5.74, 6) is -4.67. The predicted molar refractivity (Wildman–Crippen MR) is 133 cm³/mol. The summed E-state index contributed by atoms with van der Waals surface area (Å²) in [5, 5.41) is 58.4. The highest BCUT2D eigenvalue weighted by Crippen LogP contribution is 2.35. The molecule has 9 atom stereocenters. The number of aromatic nitrogens is 1. The van der Waals surface area contributed by atoms with Crippen LogP contribution in [0.4, 0.5) is 0 Å². The second-order valence-electron chi connectivity index (χ2n) is 9.34. The number of carboxylic acid groups (broad SMARTS) is 2. The number of carbonyl (C=O) groups excluding carboxylic acids is 1. The van der Waals surface area contributed by atoms with Gasteiger partial charge in [-0.15, -0.1) is 6.58 Å². The molecule has 0 saturated carbocycles. The Morgan fingerprint density at radius 1 is 1.15 bits per heavy atom. The summed E-state index contributed by atoms with van der Waals surface area (Å²) in [5.41, 5.74) is 6.13. The van der Waals surface area contributed by atoms with Crippen LogP contribution in [0.25, 0.3) is 6.08 Å². The molecule has 0 unspecified atom stereocenters. The predicted octanol–water partition coefficient (Wildman–Crippen LogP) is -1.56. The second kappa shape index (κ2) is 13.6. The molecule has 1 fully saturated rings. The minimum Gasteiger partial charge on any atom is -0.481 e. The van der Waals surface area contributed by atoms with Gasteiger partial charge in [-0.1, -0.05) is 18.2 Å². The van der Waals surface area contributed by atoms with Gasteiger partial charge in [-0.2, -0.15) is 4.57 Å². The van der Waals surface area contributed by atoms with Crippen molar-refractivity contribution in [1.29, 1.82) is 0 Å². The number of nitrogens with zero attached hydrogens (tertiary/aromatic N) is 1. The van der Waals surface area contributed by atoms with E-state index in [-0.39, 0.29) is 18.4 Å². The molecule has 218 valence electrons. The standard InChI is InChI=1S/C26H32N2O12/c1-2-14-15(6-5-13-4-3-9-28(10-13)17(24(36)37)7-8-19(30)31)16(23(27)35)12-38-25(14)40-26-22(34)21(33)20(32)18(11-29)39-26/h2-6,9-10,12,14-15,17-18,20-22,25-26,29,32-34H,1,7-8,11H2,(H3-,27,30,31,35,36,37)/p+1/b6-5+/t14-,15+,17+,18-,20-,21+,22-,25+,26+/m1/s1. The smallest absolute Gasteiger partial charge is 0.373 e. The molecule has 3 rings (SSSR count). The van der Waals surface area contributed by atoms with Gasteiger partial charge in [-0.05, 0) is 6.07 Å². The highest BCUT2D eigenvalue weighted by atomic mass is 16.8. The minimum atomic E-state index is -1.69. The molecule has 0 aliphatic carbocycles. The van der Waals surface area contributed by atoms with E-state index >= 15 is 0 Å². The Bertz CT molecular complexity index is 1150. The molecule has 1 amide bonds. The maximum absolute atomic E-state index is 12.2. The molecule has 1 aromatic heterocycles. The van der Waals surface area contributed by atoms with E-state index < -0.39 is 79.3 Å². The largest absolute Gasteiger partial charge is 0.481 e. The van der Waals surface area contributed by atoms with E-state index in [2.05, 4.69) is 6.58 Å². The van der Waals surface area contributed by atoms with Gasteiger partial charge < -0.3 is 50.6 Å². The molecule has 40 heavy (non-hydrogen) atoms. The Balaban J connectivity index is 1.86. The molecule has 2 aliphatic rings. The van der Waals surface area contributed by atoms with Crippen molar-refractivity contribution in [1.82, 2.24) is 0 Å². The Hall–Kier alpha value is -3.66. The average molecular weight is 566 g/mol. The Morgan fingerprint density at radius 2 is 1.88 bits per heavy atom. The quantitative estimate of drug-likeness (QED) is 0.113. The van der Waals surface area contributed by atoms with Gasteiger partial charge >= 0.3 is 11.9 Å². The van der Waals surface area contributed by atoms with Crippen LogP contribution in [-0.2, 0) is 28.6 Å². The van der Waals surface area contributed by atoms with E-state index in [1.807, 2.05) is 0 Å². The van der Waals surface area contributed by atoms with Crippen LogP contribution < -0.4 is 10.3 Å². The number of allylic oxidation sites excluding steroid dienone is 1. The topological polar surface area (TPSA) is 230 Å². The van der Waals surface area contributed by atoms with Gasteiger partial charge in [-0.3, -0.25) is 9.59 Å². The first kappa shape index (κ1) is 30.9. The van der Waals surface area contributed by atoms with Gasteiger partial charge in [0.15, 0.2) is 18.7 Å². The van der Waals surface area contributed by atoms with E-state index in [4.69, 9.17) is 25.1 Å². The summed E-state index contributed by atoms with van der Waals surface area (Å²) in [6.45, 7) is 3.11. The zero-order chi connectivity index (χ0) is 29.6. The number of rotatable bonds is 12. The monoisotopic (exact) mass is 565 g/mol. The van der Waals surface area contributed by atoms with Crippen molar-refractivity contribution in [3.05, 3.63) is 60.7 Å². The van der Waals surface area contributed by atoms with Gasteiger partial charge in [0, 0.05) is 29.9 Å². The summed E-state index contributed by atoms with van der Waals surface area (Å²) in [6, 6.07) is 2.13. The van der Waals surface area contributed by atoms with E-state index in [0.717, 1.165) is 6.26 Å². The molecule has 1 saturated heterocycles. The molecular formula is C26H33N2O12+. The summed E-state index contributed by atoms with van der Waals surface area (Å²) >= 11 is 0. The van der Waals surface area contributed by atoms with Gasteiger partial charge in [0.25, 0.3) is 6.04 Å². The van der Waals surface area contributed by atoms with Crippen molar-refractivity contribution >= 4 is 23.9 Å². The first-order valence-electron chi connectivity index (χ1n) is 12.4. The maximum atomic E-state index is 12.2. The SMILES string of the molecule is C=C[C@H]1[C@H](O[C@@H]2O[C@H](CO)[C@@H](O)[C@H](O)[C@H]2O)OC=C(C(N)=O)[C@H]1/C=C/c1ccc[n+]([C@@H](CCC(=O)O)C(=O)O)c1. The lowest BCUT2D eigenvalue weighted by Crippen LogP contribution is -2.60. The number of hydrogen-bond donors (Lipinski definition) is 7. The third-order valence-corrected chi connectivity index (χ3v) is 6.71. The molecule has 14 heteroatoms. The van der Waals surface area contributed by atoms with Crippen molar-refractivity contribution in [2.45, 2.75) is 55.9 Å². The van der Waals surface area contributed by atoms with Gasteiger partial charge in [-0.25, -0.2) is 4.79 Å². The zero-order valence-corrected chi connectivity index (χ0v) is 21.3. The van der Waals surface area contributed by atoms with Crippen LogP contribution in [0.3, 0.4) is 0 Å². The molecule has 0 radical (unpaired) electrons. The summed E-state index contributed by atoms with van der Waals surface area (Å²) in [7, 11) is 0. The average Bonchev–Trinajstić information content (AvgIpc) is 2.91. The summed E-state index contributed by atoms with van der Waals surface area (Å²) in [4.78, 5) is 34.9. The minimum absolute atomic E-state index is 0.0588. The number of primary amides is 1. The van der Waals surface area contributed by atoms with Crippen molar-refractivity contribution in [2.24, 2.45) is 17.6 Å². The highest BCUT2D eigenvalue weighted by Gasteiger charge is 2.47. The highest BCUT2D eigenvalue weighted by molar-refractivity contribution is 5.93. The Kier molecular flexibility index (Phi) is 10.5. The van der Waals surface area contributed by atoms with Crippen LogP contribution >= 0.6 is 0 Å². The van der Waals surface area contributed by atoms with E-state index in [9.17, 15) is 39.9 Å². The number of pyridine rings is 1. The van der Waals surface area contributed by atoms with Crippen LogP contribution in [0.1, 0.15) is 24.4 Å². The van der Waals surface area contributed by atoms with E-state index in [1.54, 1.807) is 24.3 Å². The number of nitrogens with two attached hydrogens (primary N) is 1. The van der Waals surface area contributed by atoms with Crippen molar-refractivity contribution in [3.8, 4) is 0 Å². The van der Waals surface area contributed by atoms with Crippen molar-refractivity contribution in [3.63, 3.8) is 0 Å².